The molecule has 0 fully saturated rings. The van der Waals surface area contributed by atoms with Gasteiger partial charge in [-0.15, -0.1) is 0 Å². The van der Waals surface area contributed by atoms with E-state index in [0.29, 0.717) is 12.2 Å². The van der Waals surface area contributed by atoms with Gasteiger partial charge in [-0.05, 0) is 30.0 Å². The number of anilines is 1. The van der Waals surface area contributed by atoms with Crippen LogP contribution in [0.5, 0.6) is 0 Å². The van der Waals surface area contributed by atoms with Crippen LogP contribution in [0, 0.1) is 0 Å². The SMILES string of the molecule is CN(C)CCC(=O)Nc1[nH]ncc1Br. The number of hydrogen-bond acceptors (Lipinski definition) is 3. The lowest BCUT2D eigenvalue weighted by molar-refractivity contribution is -0.116. The third-order valence-electron chi connectivity index (χ3n) is 1.64. The first-order valence-electron chi connectivity index (χ1n) is 4.23. The number of aromatic amines is 1. The molecule has 0 atom stereocenters. The summed E-state index contributed by atoms with van der Waals surface area (Å²) in [5.74, 6) is 0.581. The van der Waals surface area contributed by atoms with Gasteiger partial charge in [-0.2, -0.15) is 5.10 Å². The van der Waals surface area contributed by atoms with Crippen LogP contribution in [0.1, 0.15) is 6.42 Å². The van der Waals surface area contributed by atoms with Crippen molar-refractivity contribution in [3.05, 3.63) is 10.7 Å². The quantitative estimate of drug-likeness (QED) is 0.852. The minimum atomic E-state index is -0.0244. The fourth-order valence-electron chi connectivity index (χ4n) is 0.886. The molecule has 0 aliphatic rings. The standard InChI is InChI=1S/C8H13BrN4O/c1-13(2)4-3-7(14)11-8-6(9)5-10-12-8/h5H,3-4H2,1-2H3,(H2,10,11,12,14). The Morgan fingerprint density at radius 3 is 2.93 bits per heavy atom. The number of nitrogens with zero attached hydrogens (tertiary/aromatic N) is 2. The van der Waals surface area contributed by atoms with Crippen LogP contribution in [0.4, 0.5) is 5.82 Å². The van der Waals surface area contributed by atoms with Gasteiger partial charge in [-0.25, -0.2) is 0 Å². The van der Waals surface area contributed by atoms with Crippen molar-refractivity contribution < 1.29 is 4.79 Å². The molecule has 0 spiro atoms. The maximum absolute atomic E-state index is 11.4. The molecule has 0 unspecified atom stereocenters. The van der Waals surface area contributed by atoms with Crippen molar-refractivity contribution in [1.29, 1.82) is 0 Å². The van der Waals surface area contributed by atoms with Crippen molar-refractivity contribution in [2.24, 2.45) is 0 Å². The fourth-order valence-corrected chi connectivity index (χ4v) is 1.18. The topological polar surface area (TPSA) is 61.0 Å². The first-order chi connectivity index (χ1) is 6.59. The number of carbonyl (C=O) groups excluding carboxylic acids is 1. The average Bonchev–Trinajstić information content (AvgIpc) is 2.49. The second kappa shape index (κ2) is 5.11. The Bertz CT molecular complexity index is 310. The second-order valence-corrected chi connectivity index (χ2v) is 4.05. The van der Waals surface area contributed by atoms with E-state index in [9.17, 15) is 4.79 Å². The molecule has 1 heterocycles. The number of aromatic nitrogens is 2. The van der Waals surface area contributed by atoms with Crippen LogP contribution < -0.4 is 5.32 Å². The van der Waals surface area contributed by atoms with Gasteiger partial charge >= 0.3 is 0 Å². The number of hydrogen-bond donors (Lipinski definition) is 2. The van der Waals surface area contributed by atoms with Crippen LogP contribution in [-0.2, 0) is 4.79 Å². The van der Waals surface area contributed by atoms with Crippen LogP contribution in [0.25, 0.3) is 0 Å². The molecule has 1 aromatic heterocycles. The summed E-state index contributed by atoms with van der Waals surface area (Å²) >= 11 is 3.26. The Kier molecular flexibility index (Phi) is 4.09. The molecule has 2 N–H and O–H groups in total. The second-order valence-electron chi connectivity index (χ2n) is 3.19. The third-order valence-corrected chi connectivity index (χ3v) is 2.24. The Morgan fingerprint density at radius 1 is 1.71 bits per heavy atom. The van der Waals surface area contributed by atoms with Crippen molar-refractivity contribution in [3.8, 4) is 0 Å². The maximum atomic E-state index is 11.4. The van der Waals surface area contributed by atoms with E-state index in [1.807, 2.05) is 19.0 Å². The van der Waals surface area contributed by atoms with Gasteiger partial charge in [0.25, 0.3) is 0 Å². The molecule has 14 heavy (non-hydrogen) atoms. The Hall–Kier alpha value is -0.880. The van der Waals surface area contributed by atoms with E-state index >= 15 is 0 Å². The highest BCUT2D eigenvalue weighted by Crippen LogP contribution is 2.17. The van der Waals surface area contributed by atoms with Crippen LogP contribution in [0.3, 0.4) is 0 Å². The van der Waals surface area contributed by atoms with Crippen LogP contribution in [-0.4, -0.2) is 41.6 Å². The molecule has 0 aliphatic heterocycles. The molecule has 0 bridgehead atoms. The monoisotopic (exact) mass is 260 g/mol. The highest BCUT2D eigenvalue weighted by atomic mass is 79.9. The lowest BCUT2D eigenvalue weighted by Crippen LogP contribution is -2.21. The minimum absolute atomic E-state index is 0.0244. The largest absolute Gasteiger partial charge is 0.310 e. The Balaban J connectivity index is 2.38. The molecule has 0 radical (unpaired) electrons. The van der Waals surface area contributed by atoms with Gasteiger partial charge in [-0.1, -0.05) is 0 Å². The van der Waals surface area contributed by atoms with Gasteiger partial charge in [0.1, 0.15) is 5.82 Å². The van der Waals surface area contributed by atoms with E-state index < -0.39 is 0 Å². The lowest BCUT2D eigenvalue weighted by Gasteiger charge is -2.08. The molecule has 1 aromatic rings. The van der Waals surface area contributed by atoms with E-state index in [2.05, 4.69) is 31.4 Å². The summed E-state index contributed by atoms with van der Waals surface area (Å²) in [4.78, 5) is 13.3. The molecular formula is C8H13BrN4O. The number of nitrogens with one attached hydrogen (secondary N) is 2. The number of carbonyl (C=O) groups is 1. The predicted molar refractivity (Wildman–Crippen MR) is 58.1 cm³/mol. The summed E-state index contributed by atoms with van der Waals surface area (Å²) in [6, 6.07) is 0. The number of amides is 1. The Labute approximate surface area is 91.0 Å². The Morgan fingerprint density at radius 2 is 2.43 bits per heavy atom. The molecule has 5 nitrogen and oxygen atoms in total. The molecule has 0 aromatic carbocycles. The third kappa shape index (κ3) is 3.47. The molecule has 0 saturated carbocycles. The van der Waals surface area contributed by atoms with Gasteiger partial charge < -0.3 is 10.2 Å². The average molecular weight is 261 g/mol. The van der Waals surface area contributed by atoms with Crippen LogP contribution in [0.2, 0.25) is 0 Å². The minimum Gasteiger partial charge on any atom is -0.310 e. The van der Waals surface area contributed by atoms with E-state index in [1.165, 1.54) is 0 Å². The molecule has 1 rings (SSSR count). The zero-order valence-electron chi connectivity index (χ0n) is 8.17. The molecular weight excluding hydrogens is 248 g/mol. The van der Waals surface area contributed by atoms with E-state index in [-0.39, 0.29) is 5.91 Å². The number of H-pyrrole nitrogens is 1. The summed E-state index contributed by atoms with van der Waals surface area (Å²) in [6.07, 6.45) is 2.07. The lowest BCUT2D eigenvalue weighted by atomic mass is 10.4. The summed E-state index contributed by atoms with van der Waals surface area (Å²) < 4.78 is 0.760. The number of rotatable bonds is 4. The molecule has 0 aliphatic carbocycles. The predicted octanol–water partition coefficient (Wildman–Crippen LogP) is 1.06. The molecule has 0 saturated heterocycles. The summed E-state index contributed by atoms with van der Waals surface area (Å²) in [7, 11) is 3.86. The maximum Gasteiger partial charge on any atom is 0.226 e. The van der Waals surface area contributed by atoms with Gasteiger partial charge in [-0.3, -0.25) is 9.89 Å². The van der Waals surface area contributed by atoms with Gasteiger partial charge in [0.2, 0.25) is 5.91 Å². The van der Waals surface area contributed by atoms with Gasteiger partial charge in [0.15, 0.2) is 0 Å². The van der Waals surface area contributed by atoms with Crippen molar-refractivity contribution in [2.45, 2.75) is 6.42 Å². The van der Waals surface area contributed by atoms with E-state index in [0.717, 1.165) is 11.0 Å². The first kappa shape index (κ1) is 11.2. The highest BCUT2D eigenvalue weighted by Gasteiger charge is 2.06. The van der Waals surface area contributed by atoms with Crippen molar-refractivity contribution in [3.63, 3.8) is 0 Å². The van der Waals surface area contributed by atoms with Gasteiger partial charge in [0, 0.05) is 13.0 Å². The molecule has 1 amide bonds. The van der Waals surface area contributed by atoms with E-state index in [4.69, 9.17) is 0 Å². The summed E-state index contributed by atoms with van der Waals surface area (Å²) in [5, 5.41) is 9.17. The fraction of sp³-hybridized carbons (Fsp3) is 0.500. The van der Waals surface area contributed by atoms with Crippen molar-refractivity contribution in [1.82, 2.24) is 15.1 Å². The normalized spacial score (nSPS) is 10.6. The zero-order valence-corrected chi connectivity index (χ0v) is 9.76. The van der Waals surface area contributed by atoms with Crippen LogP contribution in [0.15, 0.2) is 10.7 Å². The van der Waals surface area contributed by atoms with Gasteiger partial charge in [0.05, 0.1) is 10.7 Å². The smallest absolute Gasteiger partial charge is 0.226 e. The molecule has 78 valence electrons. The van der Waals surface area contributed by atoms with E-state index in [1.54, 1.807) is 6.20 Å². The number of halogens is 1. The van der Waals surface area contributed by atoms with Crippen LogP contribution >= 0.6 is 15.9 Å². The highest BCUT2D eigenvalue weighted by molar-refractivity contribution is 9.10. The van der Waals surface area contributed by atoms with Crippen molar-refractivity contribution >= 4 is 27.7 Å². The summed E-state index contributed by atoms with van der Waals surface area (Å²) in [5.41, 5.74) is 0. The van der Waals surface area contributed by atoms with Crippen molar-refractivity contribution in [2.75, 3.05) is 26.0 Å². The summed E-state index contributed by atoms with van der Waals surface area (Å²) in [6.45, 7) is 0.734. The first-order valence-corrected chi connectivity index (χ1v) is 5.02. The zero-order chi connectivity index (χ0) is 10.6. The molecule has 6 heteroatoms.